The highest BCUT2D eigenvalue weighted by Gasteiger charge is 2.46. The smallest absolute Gasteiger partial charge is 0.246 e. The molecule has 0 bridgehead atoms. The van der Waals surface area contributed by atoms with Gasteiger partial charge in [-0.25, -0.2) is 0 Å². The number of carbonyl (C=O) groups excluding carboxylic acids is 2. The van der Waals surface area contributed by atoms with Crippen LogP contribution in [0.3, 0.4) is 0 Å². The Labute approximate surface area is 140 Å². The minimum absolute atomic E-state index is 0.149. The van der Waals surface area contributed by atoms with Crippen LogP contribution < -0.4 is 0 Å². The van der Waals surface area contributed by atoms with Crippen LogP contribution in [-0.4, -0.2) is 30.2 Å². The molecule has 2 aliphatic carbocycles. The predicted octanol–water partition coefficient (Wildman–Crippen LogP) is 3.98. The van der Waals surface area contributed by atoms with Crippen molar-refractivity contribution in [2.24, 2.45) is 23.2 Å². The lowest BCUT2D eigenvalue weighted by Crippen LogP contribution is -2.40. The van der Waals surface area contributed by atoms with E-state index in [1.807, 2.05) is 18.0 Å². The Morgan fingerprint density at radius 3 is 2.70 bits per heavy atom. The summed E-state index contributed by atoms with van der Waals surface area (Å²) in [6.45, 7) is 5.36. The van der Waals surface area contributed by atoms with Crippen molar-refractivity contribution in [3.05, 3.63) is 11.6 Å². The Morgan fingerprint density at radius 2 is 1.91 bits per heavy atom. The zero-order valence-corrected chi connectivity index (χ0v) is 14.9. The Bertz CT molecular complexity index is 524. The number of likely N-dealkylation sites (N-methyl/N-ethyl adjacent to an activating group) is 1. The van der Waals surface area contributed by atoms with Crippen molar-refractivity contribution in [2.75, 3.05) is 13.6 Å². The molecule has 0 aromatic carbocycles. The van der Waals surface area contributed by atoms with Crippen LogP contribution in [0, 0.1) is 23.2 Å². The highest BCUT2D eigenvalue weighted by atomic mass is 16.2. The van der Waals surface area contributed by atoms with Crippen LogP contribution in [-0.2, 0) is 9.59 Å². The molecule has 1 heterocycles. The van der Waals surface area contributed by atoms with Crippen LogP contribution in [0.2, 0.25) is 0 Å². The molecule has 0 aromatic heterocycles. The van der Waals surface area contributed by atoms with Crippen molar-refractivity contribution in [3.63, 3.8) is 0 Å². The third kappa shape index (κ3) is 3.12. The Balaban J connectivity index is 1.90. The molecule has 3 rings (SSSR count). The molecule has 23 heavy (non-hydrogen) atoms. The van der Waals surface area contributed by atoms with Gasteiger partial charge in [-0.1, -0.05) is 19.4 Å². The maximum absolute atomic E-state index is 12.2. The van der Waals surface area contributed by atoms with Crippen molar-refractivity contribution in [3.8, 4) is 0 Å². The maximum Gasteiger partial charge on any atom is 0.246 e. The summed E-state index contributed by atoms with van der Waals surface area (Å²) in [7, 11) is 1.92. The number of Topliss-reactive ketones (excluding diaryl/α,β-unsaturated/α-hetero) is 1. The van der Waals surface area contributed by atoms with Gasteiger partial charge in [-0.05, 0) is 62.2 Å². The Kier molecular flexibility index (Phi) is 4.66. The third-order valence-electron chi connectivity index (χ3n) is 7.00. The first-order chi connectivity index (χ1) is 10.9. The van der Waals surface area contributed by atoms with E-state index in [4.69, 9.17) is 0 Å². The summed E-state index contributed by atoms with van der Waals surface area (Å²) in [6, 6.07) is 0. The van der Waals surface area contributed by atoms with Gasteiger partial charge in [-0.3, -0.25) is 9.59 Å². The first-order valence-electron chi connectivity index (χ1n) is 9.40. The lowest BCUT2D eigenvalue weighted by Gasteiger charge is -2.48. The maximum atomic E-state index is 12.2. The number of ketones is 1. The Morgan fingerprint density at radius 1 is 1.13 bits per heavy atom. The molecule has 3 heteroatoms. The molecule has 2 fully saturated rings. The number of rotatable bonds is 0. The summed E-state index contributed by atoms with van der Waals surface area (Å²) < 4.78 is 0. The van der Waals surface area contributed by atoms with Crippen molar-refractivity contribution in [1.29, 1.82) is 0 Å². The highest BCUT2D eigenvalue weighted by Crippen LogP contribution is 2.54. The average Bonchev–Trinajstić information content (AvgIpc) is 2.58. The molecular formula is C20H31NO2. The molecule has 128 valence electrons. The summed E-state index contributed by atoms with van der Waals surface area (Å²) >= 11 is 0. The van der Waals surface area contributed by atoms with Crippen LogP contribution in [0.1, 0.15) is 65.2 Å². The Hall–Kier alpha value is -1.12. The molecule has 1 aliphatic heterocycles. The van der Waals surface area contributed by atoms with Crippen molar-refractivity contribution >= 4 is 11.7 Å². The number of allylic oxidation sites excluding steroid dienone is 1. The van der Waals surface area contributed by atoms with E-state index in [-0.39, 0.29) is 17.2 Å². The first kappa shape index (κ1) is 16.7. The van der Waals surface area contributed by atoms with Crippen LogP contribution in [0.4, 0.5) is 0 Å². The molecule has 0 saturated heterocycles. The van der Waals surface area contributed by atoms with Gasteiger partial charge < -0.3 is 4.90 Å². The molecule has 3 nitrogen and oxygen atoms in total. The fourth-order valence-electron chi connectivity index (χ4n) is 5.21. The fraction of sp³-hybridized carbons (Fsp3) is 0.800. The van der Waals surface area contributed by atoms with Gasteiger partial charge in [0.15, 0.2) is 0 Å². The normalized spacial score (nSPS) is 39.3. The molecule has 0 N–H and O–H groups in total. The van der Waals surface area contributed by atoms with Crippen molar-refractivity contribution in [2.45, 2.75) is 65.2 Å². The topological polar surface area (TPSA) is 37.4 Å². The zero-order valence-electron chi connectivity index (χ0n) is 14.9. The van der Waals surface area contributed by atoms with E-state index < -0.39 is 0 Å². The van der Waals surface area contributed by atoms with Crippen LogP contribution in [0.25, 0.3) is 0 Å². The SMILES string of the molecule is CC1CCC2C(CCCC1=O)CCC1=CC(=O)N(C)CCC12C. The molecule has 4 atom stereocenters. The second-order valence-electron chi connectivity index (χ2n) is 8.34. The number of amides is 1. The van der Waals surface area contributed by atoms with Gasteiger partial charge in [-0.15, -0.1) is 0 Å². The average molecular weight is 317 g/mol. The van der Waals surface area contributed by atoms with Crippen LogP contribution in [0.5, 0.6) is 0 Å². The van der Waals surface area contributed by atoms with Gasteiger partial charge in [0, 0.05) is 32.0 Å². The number of hydrogen-bond donors (Lipinski definition) is 0. The molecule has 2 saturated carbocycles. The molecule has 1 amide bonds. The predicted molar refractivity (Wildman–Crippen MR) is 91.9 cm³/mol. The monoisotopic (exact) mass is 317 g/mol. The van der Waals surface area contributed by atoms with E-state index in [9.17, 15) is 9.59 Å². The van der Waals surface area contributed by atoms with E-state index in [0.29, 0.717) is 11.7 Å². The third-order valence-corrected chi connectivity index (χ3v) is 7.00. The van der Waals surface area contributed by atoms with E-state index in [1.165, 1.54) is 18.4 Å². The summed E-state index contributed by atoms with van der Waals surface area (Å²) in [4.78, 5) is 26.3. The van der Waals surface area contributed by atoms with E-state index in [1.54, 1.807) is 0 Å². The lowest BCUT2D eigenvalue weighted by atomic mass is 9.56. The van der Waals surface area contributed by atoms with Crippen molar-refractivity contribution < 1.29 is 9.59 Å². The summed E-state index contributed by atoms with van der Waals surface area (Å²) in [5, 5.41) is 0. The van der Waals surface area contributed by atoms with Crippen LogP contribution >= 0.6 is 0 Å². The van der Waals surface area contributed by atoms with Crippen LogP contribution in [0.15, 0.2) is 11.6 Å². The van der Waals surface area contributed by atoms with E-state index >= 15 is 0 Å². The first-order valence-corrected chi connectivity index (χ1v) is 9.40. The highest BCUT2D eigenvalue weighted by molar-refractivity contribution is 5.88. The second kappa shape index (κ2) is 6.41. The molecule has 0 radical (unpaired) electrons. The summed E-state index contributed by atoms with van der Waals surface area (Å²) in [5.41, 5.74) is 1.53. The van der Waals surface area contributed by atoms with Gasteiger partial charge in [-0.2, -0.15) is 0 Å². The molecule has 0 aromatic rings. The second-order valence-corrected chi connectivity index (χ2v) is 8.34. The largest absolute Gasteiger partial charge is 0.342 e. The minimum atomic E-state index is 0.149. The zero-order chi connectivity index (χ0) is 16.6. The quantitative estimate of drug-likeness (QED) is 0.678. The van der Waals surface area contributed by atoms with E-state index in [2.05, 4.69) is 13.8 Å². The van der Waals surface area contributed by atoms with Gasteiger partial charge in [0.05, 0.1) is 0 Å². The standard InChI is InChI=1S/C20H31NO2/c1-14-7-10-17-15(5-4-6-18(14)22)8-9-16-13-19(23)21(3)12-11-20(16,17)2/h13-15,17H,4-12H2,1-3H3. The lowest BCUT2D eigenvalue weighted by molar-refractivity contribution is -0.125. The minimum Gasteiger partial charge on any atom is -0.342 e. The van der Waals surface area contributed by atoms with Gasteiger partial charge in [0.25, 0.3) is 0 Å². The summed E-state index contributed by atoms with van der Waals surface area (Å²) in [6.07, 6.45) is 10.5. The fourth-order valence-corrected chi connectivity index (χ4v) is 5.21. The number of carbonyl (C=O) groups is 2. The van der Waals surface area contributed by atoms with E-state index in [0.717, 1.165) is 51.0 Å². The number of hydrogen-bond acceptors (Lipinski definition) is 2. The summed E-state index contributed by atoms with van der Waals surface area (Å²) in [5.74, 6) is 2.21. The number of nitrogens with zero attached hydrogens (tertiary/aromatic N) is 1. The van der Waals surface area contributed by atoms with Gasteiger partial charge >= 0.3 is 0 Å². The van der Waals surface area contributed by atoms with Gasteiger partial charge in [0.1, 0.15) is 5.78 Å². The molecule has 3 aliphatic rings. The van der Waals surface area contributed by atoms with Gasteiger partial charge in [0.2, 0.25) is 5.91 Å². The van der Waals surface area contributed by atoms with Crippen molar-refractivity contribution in [1.82, 2.24) is 4.90 Å². The molecule has 4 unspecified atom stereocenters. The number of fused-ring (bicyclic) bond motifs is 3. The molecule has 0 spiro atoms. The molecular weight excluding hydrogens is 286 g/mol.